The maximum absolute atomic E-state index is 9.77. The molecule has 0 saturated carbocycles. The van der Waals surface area contributed by atoms with Gasteiger partial charge in [0.2, 0.25) is 0 Å². The van der Waals surface area contributed by atoms with Crippen LogP contribution in [-0.4, -0.2) is 22.4 Å². The van der Waals surface area contributed by atoms with E-state index < -0.39 is 12.2 Å². The molecule has 1 atom stereocenters. The molecular weight excluding hydrogens is 122 g/mol. The second kappa shape index (κ2) is 4.05. The van der Waals surface area contributed by atoms with Crippen molar-refractivity contribution < 1.29 is 15.0 Å². The number of carboxylic acid groups (broad SMARTS) is 1. The van der Waals surface area contributed by atoms with Crippen LogP contribution in [0.5, 0.6) is 0 Å². The molecular formula is C5H9NO3. The van der Waals surface area contributed by atoms with Gasteiger partial charge in [0.1, 0.15) is 6.23 Å². The minimum absolute atomic E-state index is 0.173. The first-order valence-electron chi connectivity index (χ1n) is 2.46. The van der Waals surface area contributed by atoms with E-state index in [4.69, 9.17) is 15.9 Å². The Morgan fingerprint density at radius 3 is 2.67 bits per heavy atom. The fourth-order valence-electron chi connectivity index (χ4n) is 0.308. The monoisotopic (exact) mass is 131 g/mol. The number of rotatable bonds is 3. The van der Waals surface area contributed by atoms with Crippen LogP contribution in [0.3, 0.4) is 0 Å². The quantitative estimate of drug-likeness (QED) is 0.349. The summed E-state index contributed by atoms with van der Waals surface area (Å²) < 4.78 is 0. The van der Waals surface area contributed by atoms with Crippen molar-refractivity contribution in [3.05, 3.63) is 12.2 Å². The summed E-state index contributed by atoms with van der Waals surface area (Å²) in [6.07, 6.45) is 1.45. The van der Waals surface area contributed by atoms with Gasteiger partial charge in [0.15, 0.2) is 0 Å². The largest absolute Gasteiger partial charge is 0.478 e. The average Bonchev–Trinajstić information content (AvgIpc) is 1.63. The highest BCUT2D eigenvalue weighted by Crippen LogP contribution is 1.84. The van der Waals surface area contributed by atoms with Gasteiger partial charge in [-0.25, -0.2) is 4.79 Å². The second-order valence-corrected chi connectivity index (χ2v) is 1.54. The average molecular weight is 131 g/mol. The molecule has 0 saturated heterocycles. The van der Waals surface area contributed by atoms with Crippen LogP contribution >= 0.6 is 0 Å². The van der Waals surface area contributed by atoms with Gasteiger partial charge >= 0.3 is 5.97 Å². The van der Waals surface area contributed by atoms with Gasteiger partial charge in [-0.15, -0.1) is 0 Å². The van der Waals surface area contributed by atoms with Gasteiger partial charge in [-0.1, -0.05) is 6.08 Å². The Labute approximate surface area is 52.6 Å². The maximum Gasteiger partial charge on any atom is 0.327 e. The molecule has 4 nitrogen and oxygen atoms in total. The van der Waals surface area contributed by atoms with Crippen molar-refractivity contribution in [1.82, 2.24) is 0 Å². The topological polar surface area (TPSA) is 83.5 Å². The number of aliphatic carboxylic acids is 1. The molecule has 0 aliphatic carbocycles. The minimum atomic E-state index is -1.03. The van der Waals surface area contributed by atoms with Gasteiger partial charge in [0, 0.05) is 12.5 Å². The zero-order valence-electron chi connectivity index (χ0n) is 4.82. The van der Waals surface area contributed by atoms with Crippen LogP contribution in [0.25, 0.3) is 0 Å². The van der Waals surface area contributed by atoms with E-state index in [1.54, 1.807) is 0 Å². The van der Waals surface area contributed by atoms with Crippen LogP contribution in [0.2, 0.25) is 0 Å². The summed E-state index contributed by atoms with van der Waals surface area (Å²) in [6.45, 7) is 0. The van der Waals surface area contributed by atoms with Crippen molar-refractivity contribution in [2.24, 2.45) is 5.73 Å². The number of hydrogen-bond donors (Lipinski definition) is 3. The first-order chi connectivity index (χ1) is 4.13. The lowest BCUT2D eigenvalue weighted by Gasteiger charge is -1.94. The van der Waals surface area contributed by atoms with E-state index in [1.165, 1.54) is 6.08 Å². The molecule has 0 bridgehead atoms. The van der Waals surface area contributed by atoms with Crippen molar-refractivity contribution in [1.29, 1.82) is 0 Å². The summed E-state index contributed by atoms with van der Waals surface area (Å²) in [5.41, 5.74) is 4.89. The molecule has 1 unspecified atom stereocenters. The van der Waals surface area contributed by atoms with Crippen LogP contribution in [0, 0.1) is 0 Å². The first kappa shape index (κ1) is 8.13. The van der Waals surface area contributed by atoms with Crippen LogP contribution in [0.1, 0.15) is 6.42 Å². The lowest BCUT2D eigenvalue weighted by atomic mass is 10.3. The number of aliphatic hydroxyl groups is 1. The van der Waals surface area contributed by atoms with Gasteiger partial charge in [0.25, 0.3) is 0 Å². The molecule has 52 valence electrons. The number of carbonyl (C=O) groups is 1. The number of hydrogen-bond acceptors (Lipinski definition) is 3. The third kappa shape index (κ3) is 7.13. The molecule has 0 aromatic heterocycles. The van der Waals surface area contributed by atoms with Gasteiger partial charge < -0.3 is 15.9 Å². The number of nitrogens with two attached hydrogens (primary N) is 1. The molecule has 9 heavy (non-hydrogen) atoms. The standard InChI is InChI=1S/C5H9NO3/c6-4(7)2-1-3-5(8)9/h1,3-4,7H,2,6H2,(H,8,9)/b3-1+. The fourth-order valence-corrected chi connectivity index (χ4v) is 0.308. The van der Waals surface area contributed by atoms with Gasteiger partial charge in [-0.05, 0) is 0 Å². The Morgan fingerprint density at radius 2 is 2.33 bits per heavy atom. The van der Waals surface area contributed by atoms with Crippen molar-refractivity contribution in [2.75, 3.05) is 0 Å². The third-order valence-electron chi connectivity index (χ3n) is 0.638. The lowest BCUT2D eigenvalue weighted by molar-refractivity contribution is -0.131. The predicted molar refractivity (Wildman–Crippen MR) is 31.6 cm³/mol. The van der Waals surface area contributed by atoms with E-state index in [1.807, 2.05) is 0 Å². The highest BCUT2D eigenvalue weighted by atomic mass is 16.4. The molecule has 0 aliphatic heterocycles. The van der Waals surface area contributed by atoms with E-state index in [0.29, 0.717) is 0 Å². The zero-order valence-corrected chi connectivity index (χ0v) is 4.82. The Morgan fingerprint density at radius 1 is 1.78 bits per heavy atom. The molecule has 4 heteroatoms. The molecule has 0 aromatic carbocycles. The van der Waals surface area contributed by atoms with Crippen molar-refractivity contribution in [3.63, 3.8) is 0 Å². The van der Waals surface area contributed by atoms with Crippen molar-refractivity contribution >= 4 is 5.97 Å². The van der Waals surface area contributed by atoms with Gasteiger partial charge in [-0.3, -0.25) is 0 Å². The number of aliphatic hydroxyl groups excluding tert-OH is 1. The molecule has 0 aromatic rings. The Balaban J connectivity index is 3.36. The lowest BCUT2D eigenvalue weighted by Crippen LogP contribution is -2.16. The van der Waals surface area contributed by atoms with Gasteiger partial charge in [-0.2, -0.15) is 0 Å². The molecule has 0 rings (SSSR count). The Hall–Kier alpha value is -0.870. The molecule has 0 radical (unpaired) electrons. The third-order valence-corrected chi connectivity index (χ3v) is 0.638. The van der Waals surface area contributed by atoms with Crippen LogP contribution < -0.4 is 5.73 Å². The predicted octanol–water partition coefficient (Wildman–Crippen LogP) is -0.706. The highest BCUT2D eigenvalue weighted by Gasteiger charge is 1.90. The van der Waals surface area contributed by atoms with E-state index in [-0.39, 0.29) is 6.42 Å². The first-order valence-corrected chi connectivity index (χ1v) is 2.46. The Kier molecular flexibility index (Phi) is 3.66. The number of carboxylic acids is 1. The molecule has 0 fully saturated rings. The molecule has 0 spiro atoms. The summed E-state index contributed by atoms with van der Waals surface area (Å²) in [6, 6.07) is 0. The molecule has 0 amide bonds. The second-order valence-electron chi connectivity index (χ2n) is 1.54. The molecule has 0 aliphatic rings. The van der Waals surface area contributed by atoms with Crippen molar-refractivity contribution in [2.45, 2.75) is 12.6 Å². The van der Waals surface area contributed by atoms with Crippen LogP contribution in [0.15, 0.2) is 12.2 Å². The van der Waals surface area contributed by atoms with Crippen LogP contribution in [-0.2, 0) is 4.79 Å². The smallest absolute Gasteiger partial charge is 0.327 e. The summed E-state index contributed by atoms with van der Waals surface area (Å²) in [7, 11) is 0. The summed E-state index contributed by atoms with van der Waals surface area (Å²) >= 11 is 0. The van der Waals surface area contributed by atoms with E-state index in [9.17, 15) is 4.79 Å². The normalized spacial score (nSPS) is 14.0. The Bertz CT molecular complexity index is 119. The van der Waals surface area contributed by atoms with Crippen molar-refractivity contribution in [3.8, 4) is 0 Å². The minimum Gasteiger partial charge on any atom is -0.478 e. The molecule has 4 N–H and O–H groups in total. The SMILES string of the molecule is NC(O)C/C=C/C(=O)O. The van der Waals surface area contributed by atoms with E-state index >= 15 is 0 Å². The zero-order chi connectivity index (χ0) is 7.28. The van der Waals surface area contributed by atoms with Crippen LogP contribution in [0.4, 0.5) is 0 Å². The highest BCUT2D eigenvalue weighted by molar-refractivity contribution is 5.79. The maximum atomic E-state index is 9.77. The summed E-state index contributed by atoms with van der Waals surface area (Å²) in [5.74, 6) is -1.03. The van der Waals surface area contributed by atoms with E-state index in [0.717, 1.165) is 6.08 Å². The summed E-state index contributed by atoms with van der Waals surface area (Å²) in [5, 5.41) is 16.4. The van der Waals surface area contributed by atoms with Gasteiger partial charge in [0.05, 0.1) is 0 Å². The molecule has 0 heterocycles. The summed E-state index contributed by atoms with van der Waals surface area (Å²) in [4.78, 5) is 9.77. The van der Waals surface area contributed by atoms with E-state index in [2.05, 4.69) is 0 Å². The fraction of sp³-hybridized carbons (Fsp3) is 0.400.